The zero-order valence-corrected chi connectivity index (χ0v) is 11.8. The minimum Gasteiger partial charge on any atom is -0.508 e. The van der Waals surface area contributed by atoms with Crippen LogP contribution in [0.15, 0.2) is 60.9 Å². The Hall–Kier alpha value is -2.75. The van der Waals surface area contributed by atoms with Crippen LogP contribution in [0.4, 0.5) is 0 Å². The van der Waals surface area contributed by atoms with Crippen LogP contribution in [0.2, 0.25) is 0 Å². The average molecular weight is 281 g/mol. The molecule has 0 aliphatic rings. The number of nitrogens with zero attached hydrogens (tertiary/aromatic N) is 2. The molecule has 0 aliphatic heterocycles. The first kappa shape index (κ1) is 13.2. The van der Waals surface area contributed by atoms with E-state index >= 15 is 0 Å². The lowest BCUT2D eigenvalue weighted by atomic mass is 10.2. The lowest BCUT2D eigenvalue weighted by Gasteiger charge is -2.04. The molecule has 0 bridgehead atoms. The molecule has 1 heterocycles. The van der Waals surface area contributed by atoms with E-state index in [9.17, 15) is 10.2 Å². The van der Waals surface area contributed by atoms with Crippen molar-refractivity contribution in [1.82, 2.24) is 4.57 Å². The van der Waals surface area contributed by atoms with Crippen molar-refractivity contribution in [3.05, 3.63) is 72.3 Å². The number of imidazole rings is 1. The Kier molecular flexibility index (Phi) is 3.36. The summed E-state index contributed by atoms with van der Waals surface area (Å²) in [6.45, 7) is 2.74. The lowest BCUT2D eigenvalue weighted by molar-refractivity contribution is -0.693. The van der Waals surface area contributed by atoms with Gasteiger partial charge < -0.3 is 10.2 Å². The smallest absolute Gasteiger partial charge is 0.258 e. The first-order valence-corrected chi connectivity index (χ1v) is 6.79. The van der Waals surface area contributed by atoms with E-state index in [4.69, 9.17) is 0 Å². The molecule has 3 rings (SSSR count). The van der Waals surface area contributed by atoms with E-state index in [1.165, 1.54) is 17.7 Å². The average Bonchev–Trinajstić information content (AvgIpc) is 2.84. The monoisotopic (exact) mass is 281 g/mol. The topological polar surface area (TPSA) is 49.3 Å². The van der Waals surface area contributed by atoms with Crippen LogP contribution in [-0.2, 0) is 6.54 Å². The SMILES string of the molecule is Cc1n(-c2cc(O)ccc2O)cc[n+]1Cc1ccccc1. The minimum absolute atomic E-state index is 0.130. The Morgan fingerprint density at radius 1 is 1.05 bits per heavy atom. The molecule has 2 aromatic carbocycles. The molecule has 0 amide bonds. The molecular formula is C17H17N2O2+. The number of hydrogen-bond acceptors (Lipinski definition) is 2. The Labute approximate surface area is 123 Å². The van der Waals surface area contributed by atoms with E-state index in [0.717, 1.165) is 12.4 Å². The quantitative estimate of drug-likeness (QED) is 0.572. The summed E-state index contributed by atoms with van der Waals surface area (Å²) in [6.07, 6.45) is 3.85. The van der Waals surface area contributed by atoms with Gasteiger partial charge in [0.15, 0.2) is 11.4 Å². The lowest BCUT2D eigenvalue weighted by Crippen LogP contribution is -2.35. The standard InChI is InChI=1S/C17H16N2O2/c1-13-18(12-14-5-3-2-4-6-14)9-10-19(13)16-11-15(20)7-8-17(16)21/h2-11H,12H2,1H3,(H-,20,21)/p+1. The number of phenolic OH excluding ortho intramolecular Hbond substituents is 2. The maximum absolute atomic E-state index is 9.97. The molecule has 2 N–H and O–H groups in total. The van der Waals surface area contributed by atoms with Gasteiger partial charge in [0.2, 0.25) is 0 Å². The Bertz CT molecular complexity index is 764. The molecule has 0 saturated heterocycles. The number of aromatic hydroxyl groups is 2. The third kappa shape index (κ3) is 2.60. The van der Waals surface area contributed by atoms with Crippen molar-refractivity contribution in [2.24, 2.45) is 0 Å². The second kappa shape index (κ2) is 5.32. The predicted octanol–water partition coefficient (Wildman–Crippen LogP) is 2.53. The molecule has 3 aromatic rings. The number of hydrogen-bond donors (Lipinski definition) is 2. The second-order valence-corrected chi connectivity index (χ2v) is 5.00. The molecule has 106 valence electrons. The van der Waals surface area contributed by atoms with Crippen LogP contribution in [0.25, 0.3) is 5.69 Å². The van der Waals surface area contributed by atoms with Crippen LogP contribution in [0, 0.1) is 6.92 Å². The van der Waals surface area contributed by atoms with Crippen molar-refractivity contribution in [2.75, 3.05) is 0 Å². The van der Waals surface area contributed by atoms with Gasteiger partial charge in [0.1, 0.15) is 24.7 Å². The largest absolute Gasteiger partial charge is 0.508 e. The maximum Gasteiger partial charge on any atom is 0.258 e. The van der Waals surface area contributed by atoms with Gasteiger partial charge in [0, 0.05) is 13.0 Å². The van der Waals surface area contributed by atoms with E-state index in [-0.39, 0.29) is 11.5 Å². The first-order chi connectivity index (χ1) is 10.1. The highest BCUT2D eigenvalue weighted by atomic mass is 16.3. The van der Waals surface area contributed by atoms with Crippen LogP contribution in [-0.4, -0.2) is 14.8 Å². The van der Waals surface area contributed by atoms with Crippen molar-refractivity contribution in [3.8, 4) is 17.2 Å². The van der Waals surface area contributed by atoms with Crippen LogP contribution in [0.5, 0.6) is 11.5 Å². The van der Waals surface area contributed by atoms with Crippen molar-refractivity contribution >= 4 is 0 Å². The summed E-state index contributed by atoms with van der Waals surface area (Å²) >= 11 is 0. The summed E-state index contributed by atoms with van der Waals surface area (Å²) in [5, 5.41) is 19.6. The van der Waals surface area contributed by atoms with E-state index in [2.05, 4.69) is 16.7 Å². The van der Waals surface area contributed by atoms with Gasteiger partial charge in [0.05, 0.1) is 0 Å². The molecular weight excluding hydrogens is 264 g/mol. The van der Waals surface area contributed by atoms with Gasteiger partial charge >= 0.3 is 0 Å². The van der Waals surface area contributed by atoms with Gasteiger partial charge in [-0.15, -0.1) is 0 Å². The molecule has 0 unspecified atom stereocenters. The molecule has 1 aromatic heterocycles. The Morgan fingerprint density at radius 2 is 1.81 bits per heavy atom. The van der Waals surface area contributed by atoms with Crippen LogP contribution >= 0.6 is 0 Å². The molecule has 0 radical (unpaired) electrons. The first-order valence-electron chi connectivity index (χ1n) is 6.79. The van der Waals surface area contributed by atoms with Crippen molar-refractivity contribution in [2.45, 2.75) is 13.5 Å². The zero-order chi connectivity index (χ0) is 14.8. The molecule has 0 atom stereocenters. The van der Waals surface area contributed by atoms with Crippen LogP contribution < -0.4 is 4.57 Å². The predicted molar refractivity (Wildman–Crippen MR) is 79.6 cm³/mol. The van der Waals surface area contributed by atoms with Gasteiger partial charge in [-0.1, -0.05) is 30.3 Å². The van der Waals surface area contributed by atoms with E-state index in [1.54, 1.807) is 6.07 Å². The van der Waals surface area contributed by atoms with E-state index < -0.39 is 0 Å². The highest BCUT2D eigenvalue weighted by Crippen LogP contribution is 2.26. The van der Waals surface area contributed by atoms with Crippen LogP contribution in [0.1, 0.15) is 11.4 Å². The van der Waals surface area contributed by atoms with Gasteiger partial charge in [-0.2, -0.15) is 4.57 Å². The fraction of sp³-hybridized carbons (Fsp3) is 0.118. The van der Waals surface area contributed by atoms with Gasteiger partial charge in [0.25, 0.3) is 5.82 Å². The molecule has 0 fully saturated rings. The molecule has 21 heavy (non-hydrogen) atoms. The van der Waals surface area contributed by atoms with Crippen molar-refractivity contribution < 1.29 is 14.8 Å². The molecule has 4 nitrogen and oxygen atoms in total. The number of benzene rings is 2. The summed E-state index contributed by atoms with van der Waals surface area (Å²) in [6, 6.07) is 14.7. The van der Waals surface area contributed by atoms with E-state index in [1.807, 2.05) is 42.1 Å². The van der Waals surface area contributed by atoms with E-state index in [0.29, 0.717) is 5.69 Å². The minimum atomic E-state index is 0.130. The van der Waals surface area contributed by atoms with Gasteiger partial charge in [-0.25, -0.2) is 4.57 Å². The van der Waals surface area contributed by atoms with Crippen LogP contribution in [0.3, 0.4) is 0 Å². The Balaban J connectivity index is 1.98. The summed E-state index contributed by atoms with van der Waals surface area (Å²) in [5.41, 5.74) is 1.78. The summed E-state index contributed by atoms with van der Waals surface area (Å²) in [4.78, 5) is 0. The van der Waals surface area contributed by atoms with Gasteiger partial charge in [-0.05, 0) is 17.7 Å². The molecule has 4 heteroatoms. The zero-order valence-electron chi connectivity index (χ0n) is 11.8. The number of phenols is 2. The summed E-state index contributed by atoms with van der Waals surface area (Å²) in [5.74, 6) is 1.24. The molecule has 0 saturated carbocycles. The fourth-order valence-electron chi connectivity index (χ4n) is 2.41. The molecule has 0 spiro atoms. The summed E-state index contributed by atoms with van der Waals surface area (Å²) in [7, 11) is 0. The number of rotatable bonds is 3. The summed E-state index contributed by atoms with van der Waals surface area (Å²) < 4.78 is 3.96. The van der Waals surface area contributed by atoms with Crippen molar-refractivity contribution in [3.63, 3.8) is 0 Å². The highest BCUT2D eigenvalue weighted by molar-refractivity contribution is 5.50. The second-order valence-electron chi connectivity index (χ2n) is 5.00. The molecule has 0 aliphatic carbocycles. The fourth-order valence-corrected chi connectivity index (χ4v) is 2.41. The maximum atomic E-state index is 9.97. The third-order valence-electron chi connectivity index (χ3n) is 3.57. The third-order valence-corrected chi connectivity index (χ3v) is 3.57. The number of aromatic nitrogens is 2. The van der Waals surface area contributed by atoms with Gasteiger partial charge in [-0.3, -0.25) is 0 Å². The normalized spacial score (nSPS) is 10.7. The Morgan fingerprint density at radius 3 is 2.57 bits per heavy atom. The van der Waals surface area contributed by atoms with Crippen molar-refractivity contribution in [1.29, 1.82) is 0 Å². The highest BCUT2D eigenvalue weighted by Gasteiger charge is 2.17.